The van der Waals surface area contributed by atoms with Crippen LogP contribution < -0.4 is 5.73 Å². The van der Waals surface area contributed by atoms with Gasteiger partial charge in [0.15, 0.2) is 0 Å². The molecule has 0 aromatic rings. The van der Waals surface area contributed by atoms with E-state index < -0.39 is 6.10 Å². The summed E-state index contributed by atoms with van der Waals surface area (Å²) >= 11 is 0. The Morgan fingerprint density at radius 3 is 2.47 bits per heavy atom. The van der Waals surface area contributed by atoms with Gasteiger partial charge in [0.1, 0.15) is 0 Å². The number of hydrogen-bond acceptors (Lipinski definition) is 3. The van der Waals surface area contributed by atoms with Gasteiger partial charge in [-0.15, -0.1) is 0 Å². The highest BCUT2D eigenvalue weighted by molar-refractivity contribution is 4.86. The molecule has 1 saturated heterocycles. The van der Waals surface area contributed by atoms with E-state index in [4.69, 9.17) is 10.5 Å². The van der Waals surface area contributed by atoms with Crippen molar-refractivity contribution < 1.29 is 9.84 Å². The Balaban J connectivity index is 1.76. The molecule has 0 radical (unpaired) electrons. The Labute approximate surface area is 105 Å². The van der Waals surface area contributed by atoms with E-state index >= 15 is 0 Å². The summed E-state index contributed by atoms with van der Waals surface area (Å²) in [6.07, 6.45) is 9.41. The summed E-state index contributed by atoms with van der Waals surface area (Å²) in [7, 11) is 0. The van der Waals surface area contributed by atoms with Crippen LogP contribution in [0.3, 0.4) is 0 Å². The standard InChI is InChI=1S/C14H27NO2/c1-10-7-8-13(17-10)14(16)12(15)9-11-5-3-2-4-6-11/h10-14,16H,2-9,15H2,1H3/t10-,12?,13+,14-/m1/s1. The fraction of sp³-hybridized carbons (Fsp3) is 1.00. The molecule has 3 N–H and O–H groups in total. The van der Waals surface area contributed by atoms with Crippen molar-refractivity contribution in [3.63, 3.8) is 0 Å². The number of aliphatic hydroxyl groups excluding tert-OH is 1. The molecular weight excluding hydrogens is 214 g/mol. The third-order valence-electron chi connectivity index (χ3n) is 4.41. The molecule has 2 rings (SSSR count). The summed E-state index contributed by atoms with van der Waals surface area (Å²) in [4.78, 5) is 0. The van der Waals surface area contributed by atoms with Crippen LogP contribution in [0.2, 0.25) is 0 Å². The first-order chi connectivity index (χ1) is 8.16. The van der Waals surface area contributed by atoms with Crippen molar-refractivity contribution in [3.8, 4) is 0 Å². The fourth-order valence-electron chi connectivity index (χ4n) is 3.31. The Morgan fingerprint density at radius 1 is 1.18 bits per heavy atom. The van der Waals surface area contributed by atoms with E-state index in [1.165, 1.54) is 32.1 Å². The quantitative estimate of drug-likeness (QED) is 0.793. The number of ether oxygens (including phenoxy) is 1. The SMILES string of the molecule is C[C@@H]1CC[C@@H]([C@H](O)C(N)CC2CCCCC2)O1. The molecule has 1 unspecified atom stereocenters. The summed E-state index contributed by atoms with van der Waals surface area (Å²) in [5.41, 5.74) is 6.14. The molecule has 3 nitrogen and oxygen atoms in total. The van der Waals surface area contributed by atoms with Crippen LogP contribution >= 0.6 is 0 Å². The second-order valence-corrected chi connectivity index (χ2v) is 5.96. The van der Waals surface area contributed by atoms with Gasteiger partial charge in [0.05, 0.1) is 18.3 Å². The lowest BCUT2D eigenvalue weighted by Gasteiger charge is -2.29. The number of aliphatic hydroxyl groups is 1. The second kappa shape index (κ2) is 6.17. The average molecular weight is 241 g/mol. The molecular formula is C14H27NO2. The normalized spacial score (nSPS) is 34.8. The molecule has 4 atom stereocenters. The Bertz CT molecular complexity index is 228. The molecule has 100 valence electrons. The first-order valence-electron chi connectivity index (χ1n) is 7.26. The fourth-order valence-corrected chi connectivity index (χ4v) is 3.31. The van der Waals surface area contributed by atoms with Gasteiger partial charge in [0.25, 0.3) is 0 Å². The molecule has 1 aliphatic carbocycles. The van der Waals surface area contributed by atoms with Crippen molar-refractivity contribution in [2.45, 2.75) is 82.6 Å². The van der Waals surface area contributed by atoms with Crippen molar-refractivity contribution >= 4 is 0 Å². The van der Waals surface area contributed by atoms with Gasteiger partial charge in [-0.25, -0.2) is 0 Å². The van der Waals surface area contributed by atoms with Gasteiger partial charge >= 0.3 is 0 Å². The van der Waals surface area contributed by atoms with Crippen LogP contribution in [0, 0.1) is 5.92 Å². The molecule has 17 heavy (non-hydrogen) atoms. The summed E-state index contributed by atoms with van der Waals surface area (Å²) in [5.74, 6) is 0.729. The van der Waals surface area contributed by atoms with Crippen LogP contribution in [-0.2, 0) is 4.74 Å². The van der Waals surface area contributed by atoms with Gasteiger partial charge in [-0.1, -0.05) is 32.1 Å². The van der Waals surface area contributed by atoms with Crippen LogP contribution in [0.4, 0.5) is 0 Å². The zero-order valence-electron chi connectivity index (χ0n) is 11.0. The Morgan fingerprint density at radius 2 is 1.88 bits per heavy atom. The van der Waals surface area contributed by atoms with E-state index in [0.717, 1.165) is 25.2 Å². The van der Waals surface area contributed by atoms with Crippen molar-refractivity contribution in [2.24, 2.45) is 11.7 Å². The minimum atomic E-state index is -0.470. The third kappa shape index (κ3) is 3.67. The minimum Gasteiger partial charge on any atom is -0.389 e. The van der Waals surface area contributed by atoms with Crippen molar-refractivity contribution in [2.75, 3.05) is 0 Å². The summed E-state index contributed by atoms with van der Waals surface area (Å²) in [6, 6.07) is -0.103. The lowest BCUT2D eigenvalue weighted by Crippen LogP contribution is -2.44. The summed E-state index contributed by atoms with van der Waals surface area (Å²) in [6.45, 7) is 2.07. The van der Waals surface area contributed by atoms with Crippen LogP contribution in [-0.4, -0.2) is 29.5 Å². The van der Waals surface area contributed by atoms with Crippen LogP contribution in [0.5, 0.6) is 0 Å². The van der Waals surface area contributed by atoms with E-state index in [0.29, 0.717) is 0 Å². The van der Waals surface area contributed by atoms with Crippen LogP contribution in [0.25, 0.3) is 0 Å². The maximum atomic E-state index is 10.2. The van der Waals surface area contributed by atoms with Crippen molar-refractivity contribution in [1.82, 2.24) is 0 Å². The maximum absolute atomic E-state index is 10.2. The molecule has 1 saturated carbocycles. The van der Waals surface area contributed by atoms with Gasteiger partial charge in [0, 0.05) is 6.04 Å². The largest absolute Gasteiger partial charge is 0.389 e. The second-order valence-electron chi connectivity index (χ2n) is 5.96. The van der Waals surface area contributed by atoms with Gasteiger partial charge < -0.3 is 15.6 Å². The summed E-state index contributed by atoms with van der Waals surface area (Å²) < 4.78 is 5.70. The first-order valence-corrected chi connectivity index (χ1v) is 7.26. The highest BCUT2D eigenvalue weighted by atomic mass is 16.5. The molecule has 1 heterocycles. The predicted molar refractivity (Wildman–Crippen MR) is 68.7 cm³/mol. The van der Waals surface area contributed by atoms with Gasteiger partial charge in [-0.05, 0) is 32.1 Å². The number of hydrogen-bond donors (Lipinski definition) is 2. The maximum Gasteiger partial charge on any atom is 0.0952 e. The molecule has 0 aromatic carbocycles. The Kier molecular flexibility index (Phi) is 4.83. The van der Waals surface area contributed by atoms with E-state index in [9.17, 15) is 5.11 Å². The lowest BCUT2D eigenvalue weighted by atomic mass is 9.83. The van der Waals surface area contributed by atoms with E-state index in [-0.39, 0.29) is 18.2 Å². The van der Waals surface area contributed by atoms with Crippen molar-refractivity contribution in [1.29, 1.82) is 0 Å². The number of nitrogens with two attached hydrogens (primary N) is 1. The monoisotopic (exact) mass is 241 g/mol. The zero-order chi connectivity index (χ0) is 12.3. The van der Waals surface area contributed by atoms with Gasteiger partial charge in [-0.2, -0.15) is 0 Å². The molecule has 0 aromatic heterocycles. The van der Waals surface area contributed by atoms with Crippen molar-refractivity contribution in [3.05, 3.63) is 0 Å². The number of rotatable bonds is 4. The lowest BCUT2D eigenvalue weighted by molar-refractivity contribution is -0.0416. The summed E-state index contributed by atoms with van der Waals surface area (Å²) in [5, 5.41) is 10.2. The van der Waals surface area contributed by atoms with Crippen LogP contribution in [0.15, 0.2) is 0 Å². The smallest absolute Gasteiger partial charge is 0.0952 e. The van der Waals surface area contributed by atoms with E-state index in [1.807, 2.05) is 0 Å². The molecule has 3 heteroatoms. The molecule has 0 spiro atoms. The molecule has 0 amide bonds. The molecule has 2 aliphatic rings. The first kappa shape index (κ1) is 13.3. The minimum absolute atomic E-state index is 0.0245. The highest BCUT2D eigenvalue weighted by Crippen LogP contribution is 2.29. The molecule has 1 aliphatic heterocycles. The average Bonchev–Trinajstić information content (AvgIpc) is 2.76. The third-order valence-corrected chi connectivity index (χ3v) is 4.41. The van der Waals surface area contributed by atoms with E-state index in [2.05, 4.69) is 6.92 Å². The molecule has 0 bridgehead atoms. The molecule has 2 fully saturated rings. The Hall–Kier alpha value is -0.120. The van der Waals surface area contributed by atoms with Gasteiger partial charge in [0.2, 0.25) is 0 Å². The van der Waals surface area contributed by atoms with Gasteiger partial charge in [-0.3, -0.25) is 0 Å². The highest BCUT2D eigenvalue weighted by Gasteiger charge is 2.33. The van der Waals surface area contributed by atoms with Crippen LogP contribution in [0.1, 0.15) is 58.3 Å². The zero-order valence-corrected chi connectivity index (χ0v) is 11.0. The van der Waals surface area contributed by atoms with E-state index in [1.54, 1.807) is 0 Å². The predicted octanol–water partition coefficient (Wildman–Crippen LogP) is 2.21. The topological polar surface area (TPSA) is 55.5 Å².